The Balaban J connectivity index is 1.67. The summed E-state index contributed by atoms with van der Waals surface area (Å²) in [5, 5.41) is 3.91. The Kier molecular flexibility index (Phi) is 5.14. The van der Waals surface area contributed by atoms with Crippen LogP contribution in [0, 0.1) is 0 Å². The Hall–Kier alpha value is -1.55. The number of likely N-dealkylation sites (N-methyl/N-ethyl adjacent to an activating group) is 1. The molecule has 3 aromatic rings. The number of benzene rings is 1. The van der Waals surface area contributed by atoms with Gasteiger partial charge in [-0.1, -0.05) is 23.4 Å². The highest BCUT2D eigenvalue weighted by molar-refractivity contribution is 9.11. The lowest BCUT2D eigenvalue weighted by Gasteiger charge is -2.14. The molecule has 0 atom stereocenters. The number of nitrogens with zero attached hydrogens (tertiary/aromatic N) is 3. The van der Waals surface area contributed by atoms with E-state index in [1.54, 1.807) is 19.2 Å². The Bertz CT molecular complexity index is 922. The molecule has 24 heavy (non-hydrogen) atoms. The number of rotatable bonds is 6. The van der Waals surface area contributed by atoms with Crippen LogP contribution in [-0.4, -0.2) is 36.5 Å². The fraction of sp³-hybridized carbons (Fsp3) is 0.200. The van der Waals surface area contributed by atoms with Crippen LogP contribution in [0.2, 0.25) is 0 Å². The van der Waals surface area contributed by atoms with Gasteiger partial charge in [0.25, 0.3) is 15.9 Å². The SMILES string of the molecule is CN(CCc1noc(-c2ccccc2)n1)S(=O)(=O)c1ccc(Br)s1. The predicted octanol–water partition coefficient (Wildman–Crippen LogP) is 3.42. The molecule has 0 saturated heterocycles. The first-order valence-corrected chi connectivity index (χ1v) is 10.1. The molecular formula is C15H14BrN3O3S2. The smallest absolute Gasteiger partial charge is 0.257 e. The summed E-state index contributed by atoms with van der Waals surface area (Å²) in [4.78, 5) is 4.31. The molecule has 2 aromatic heterocycles. The summed E-state index contributed by atoms with van der Waals surface area (Å²) in [6, 6.07) is 12.7. The van der Waals surface area contributed by atoms with Crippen LogP contribution < -0.4 is 0 Å². The van der Waals surface area contributed by atoms with Gasteiger partial charge in [-0.2, -0.15) is 9.29 Å². The van der Waals surface area contributed by atoms with E-state index >= 15 is 0 Å². The topological polar surface area (TPSA) is 76.3 Å². The van der Waals surface area contributed by atoms with Gasteiger partial charge in [-0.15, -0.1) is 11.3 Å². The quantitative estimate of drug-likeness (QED) is 0.602. The molecule has 6 nitrogen and oxygen atoms in total. The highest BCUT2D eigenvalue weighted by Gasteiger charge is 2.23. The Morgan fingerprint density at radius 2 is 1.96 bits per heavy atom. The lowest BCUT2D eigenvalue weighted by molar-refractivity contribution is 0.415. The van der Waals surface area contributed by atoms with Crippen molar-refractivity contribution in [1.82, 2.24) is 14.4 Å². The van der Waals surface area contributed by atoms with E-state index in [1.807, 2.05) is 30.3 Å². The first-order chi connectivity index (χ1) is 11.5. The van der Waals surface area contributed by atoms with Gasteiger partial charge < -0.3 is 4.52 Å². The molecule has 0 spiro atoms. The molecule has 0 aliphatic carbocycles. The summed E-state index contributed by atoms with van der Waals surface area (Å²) in [7, 11) is -1.96. The third-order valence-electron chi connectivity index (χ3n) is 3.35. The van der Waals surface area contributed by atoms with Crippen molar-refractivity contribution < 1.29 is 12.9 Å². The van der Waals surface area contributed by atoms with E-state index < -0.39 is 10.0 Å². The molecule has 0 bridgehead atoms. The van der Waals surface area contributed by atoms with Crippen molar-refractivity contribution in [3.8, 4) is 11.5 Å². The standard InChI is InChI=1S/C15H14BrN3O3S2/c1-19(24(20,21)14-8-7-12(16)23-14)10-9-13-17-15(22-18-13)11-5-3-2-4-6-11/h2-8H,9-10H2,1H3. The van der Waals surface area contributed by atoms with Crippen LogP contribution in [0.3, 0.4) is 0 Å². The number of aromatic nitrogens is 2. The van der Waals surface area contributed by atoms with Gasteiger partial charge in [0.1, 0.15) is 4.21 Å². The van der Waals surface area contributed by atoms with Gasteiger partial charge in [-0.3, -0.25) is 0 Å². The molecule has 0 amide bonds. The summed E-state index contributed by atoms with van der Waals surface area (Å²) in [5.41, 5.74) is 0.834. The fourth-order valence-corrected chi connectivity index (χ4v) is 5.41. The summed E-state index contributed by atoms with van der Waals surface area (Å²) < 4.78 is 32.5. The second kappa shape index (κ2) is 7.14. The Morgan fingerprint density at radius 3 is 2.62 bits per heavy atom. The molecule has 3 rings (SSSR count). The van der Waals surface area contributed by atoms with E-state index in [0.29, 0.717) is 22.3 Å². The third-order valence-corrected chi connectivity index (χ3v) is 7.30. The minimum Gasteiger partial charge on any atom is -0.334 e. The van der Waals surface area contributed by atoms with Crippen molar-refractivity contribution in [2.75, 3.05) is 13.6 Å². The molecular weight excluding hydrogens is 414 g/mol. The van der Waals surface area contributed by atoms with Crippen LogP contribution in [-0.2, 0) is 16.4 Å². The molecule has 0 N–H and O–H groups in total. The van der Waals surface area contributed by atoms with Crippen molar-refractivity contribution in [1.29, 1.82) is 0 Å². The summed E-state index contributed by atoms with van der Waals surface area (Å²) in [6.07, 6.45) is 0.374. The highest BCUT2D eigenvalue weighted by atomic mass is 79.9. The summed E-state index contributed by atoms with van der Waals surface area (Å²) in [6.45, 7) is 0.269. The second-order valence-electron chi connectivity index (χ2n) is 5.02. The van der Waals surface area contributed by atoms with Gasteiger partial charge in [0.05, 0.1) is 3.79 Å². The molecule has 1 aromatic carbocycles. The van der Waals surface area contributed by atoms with Crippen LogP contribution in [0.4, 0.5) is 0 Å². The van der Waals surface area contributed by atoms with Crippen molar-refractivity contribution in [2.24, 2.45) is 0 Å². The molecule has 2 heterocycles. The van der Waals surface area contributed by atoms with Crippen LogP contribution >= 0.6 is 27.3 Å². The first kappa shape index (κ1) is 17.3. The van der Waals surface area contributed by atoms with E-state index in [-0.39, 0.29) is 6.54 Å². The number of halogens is 1. The zero-order valence-corrected chi connectivity index (χ0v) is 15.9. The number of thiophene rings is 1. The van der Waals surface area contributed by atoms with Crippen molar-refractivity contribution in [2.45, 2.75) is 10.6 Å². The van der Waals surface area contributed by atoms with Gasteiger partial charge in [0.15, 0.2) is 5.82 Å². The van der Waals surface area contributed by atoms with Gasteiger partial charge in [0.2, 0.25) is 0 Å². The van der Waals surface area contributed by atoms with Crippen molar-refractivity contribution in [3.05, 3.63) is 52.1 Å². The van der Waals surface area contributed by atoms with Crippen molar-refractivity contribution in [3.63, 3.8) is 0 Å². The Labute approximate surface area is 152 Å². The molecule has 0 radical (unpaired) electrons. The maximum atomic E-state index is 12.4. The van der Waals surface area contributed by atoms with Gasteiger partial charge in [-0.05, 0) is 40.2 Å². The summed E-state index contributed by atoms with van der Waals surface area (Å²) in [5.74, 6) is 0.904. The van der Waals surface area contributed by atoms with E-state index in [0.717, 1.165) is 9.35 Å². The van der Waals surface area contributed by atoms with E-state index in [9.17, 15) is 8.42 Å². The number of hydrogen-bond donors (Lipinski definition) is 0. The van der Waals surface area contributed by atoms with Crippen LogP contribution in [0.5, 0.6) is 0 Å². The highest BCUT2D eigenvalue weighted by Crippen LogP contribution is 2.28. The lowest BCUT2D eigenvalue weighted by atomic mass is 10.2. The predicted molar refractivity (Wildman–Crippen MR) is 95.3 cm³/mol. The van der Waals surface area contributed by atoms with Crippen LogP contribution in [0.15, 0.2) is 55.0 Å². The molecule has 0 fully saturated rings. The minimum atomic E-state index is -3.50. The lowest BCUT2D eigenvalue weighted by Crippen LogP contribution is -2.28. The average molecular weight is 428 g/mol. The molecule has 0 aliphatic heterocycles. The molecule has 0 aliphatic rings. The van der Waals surface area contributed by atoms with Gasteiger partial charge in [0, 0.05) is 25.6 Å². The van der Waals surface area contributed by atoms with E-state index in [2.05, 4.69) is 26.1 Å². The fourth-order valence-electron chi connectivity index (χ4n) is 2.02. The minimum absolute atomic E-state index is 0.269. The average Bonchev–Trinajstić information content (AvgIpc) is 3.22. The largest absolute Gasteiger partial charge is 0.334 e. The zero-order chi connectivity index (χ0) is 17.2. The normalized spacial score (nSPS) is 12.0. The second-order valence-corrected chi connectivity index (χ2v) is 9.75. The first-order valence-electron chi connectivity index (χ1n) is 7.06. The van der Waals surface area contributed by atoms with Crippen LogP contribution in [0.1, 0.15) is 5.82 Å². The van der Waals surface area contributed by atoms with Crippen LogP contribution in [0.25, 0.3) is 11.5 Å². The molecule has 126 valence electrons. The molecule has 9 heteroatoms. The number of hydrogen-bond acceptors (Lipinski definition) is 6. The van der Waals surface area contributed by atoms with Crippen molar-refractivity contribution >= 4 is 37.3 Å². The third kappa shape index (κ3) is 3.75. The Morgan fingerprint density at radius 1 is 1.21 bits per heavy atom. The van der Waals surface area contributed by atoms with Gasteiger partial charge >= 0.3 is 0 Å². The zero-order valence-electron chi connectivity index (χ0n) is 12.7. The number of sulfonamides is 1. The maximum Gasteiger partial charge on any atom is 0.257 e. The monoisotopic (exact) mass is 427 g/mol. The van der Waals surface area contributed by atoms with E-state index in [4.69, 9.17) is 4.52 Å². The maximum absolute atomic E-state index is 12.4. The summed E-state index contributed by atoms with van der Waals surface area (Å²) >= 11 is 4.46. The van der Waals surface area contributed by atoms with E-state index in [1.165, 1.54) is 15.6 Å². The van der Waals surface area contributed by atoms with Gasteiger partial charge in [-0.25, -0.2) is 8.42 Å². The molecule has 0 saturated carbocycles. The molecule has 0 unspecified atom stereocenters.